The predicted molar refractivity (Wildman–Crippen MR) is 146 cm³/mol. The van der Waals surface area contributed by atoms with Crippen molar-refractivity contribution < 1.29 is 82.3 Å². The van der Waals surface area contributed by atoms with E-state index in [1.165, 1.54) is 18.1 Å². The van der Waals surface area contributed by atoms with E-state index < -0.39 is 19.7 Å². The molecule has 0 aromatic heterocycles. The maximum atomic E-state index is 10.7. The van der Waals surface area contributed by atoms with Gasteiger partial charge in [-0.15, -0.1) is 25.5 Å². The molecule has 0 bridgehead atoms. The van der Waals surface area contributed by atoms with Gasteiger partial charge in [0.1, 0.15) is 9.84 Å². The van der Waals surface area contributed by atoms with Crippen LogP contribution in [0, 0.1) is 25.7 Å². The first-order valence-electron chi connectivity index (χ1n) is 10.8. The fourth-order valence-electron chi connectivity index (χ4n) is 1.18. The monoisotopic (exact) mass is 668 g/mol. The smallest absolute Gasteiger partial charge is 0.151 e. The predicted octanol–water partition coefficient (Wildman–Crippen LogP) is 6.83. The second kappa shape index (κ2) is 27.0. The van der Waals surface area contributed by atoms with Crippen LogP contribution in [0.3, 0.4) is 0 Å². The molecule has 0 N–H and O–H groups in total. The van der Waals surface area contributed by atoms with E-state index in [1.54, 1.807) is 6.08 Å². The topological polar surface area (TPSA) is 68.3 Å². The Kier molecular flexibility index (Phi) is 38.1. The van der Waals surface area contributed by atoms with E-state index >= 15 is 0 Å². The number of sulfone groups is 2. The zero-order chi connectivity index (χ0) is 26.7. The molecule has 0 saturated heterocycles. The number of allylic oxidation sites excluding steroid dienone is 5. The van der Waals surface area contributed by atoms with Crippen LogP contribution in [0.25, 0.3) is 0 Å². The van der Waals surface area contributed by atoms with Crippen molar-refractivity contribution in [3.8, 4) is 0 Å². The van der Waals surface area contributed by atoms with Crippen molar-refractivity contribution in [2.45, 2.75) is 68.2 Å². The Morgan fingerprint density at radius 3 is 1.29 bits per heavy atom. The largest absolute Gasteiger partial charge is 0.337 e. The van der Waals surface area contributed by atoms with Gasteiger partial charge in [-0.3, -0.25) is 0 Å². The Bertz CT molecular complexity index is 793. The Morgan fingerprint density at radius 2 is 1.18 bits per heavy atom. The average molecular weight is 669 g/mol. The van der Waals surface area contributed by atoms with E-state index in [1.807, 2.05) is 47.6 Å². The van der Waals surface area contributed by atoms with Gasteiger partial charge in [0.05, 0.1) is 11.5 Å². The minimum absolute atomic E-state index is 0. The van der Waals surface area contributed by atoms with Gasteiger partial charge >= 0.3 is 0 Å². The van der Waals surface area contributed by atoms with Gasteiger partial charge in [0.25, 0.3) is 0 Å². The van der Waals surface area contributed by atoms with Gasteiger partial charge in [-0.2, -0.15) is 5.92 Å². The number of hydrogen-bond donors (Lipinski definition) is 0. The van der Waals surface area contributed by atoms with Crippen LogP contribution >= 0.6 is 0 Å². The molecule has 0 saturated carbocycles. The van der Waals surface area contributed by atoms with Crippen molar-refractivity contribution in [3.63, 3.8) is 0 Å². The summed E-state index contributed by atoms with van der Waals surface area (Å²) in [6, 6.07) is 0. The zero-order valence-electron chi connectivity index (χ0n) is 23.6. The first kappa shape index (κ1) is 48.1. The van der Waals surface area contributed by atoms with Crippen molar-refractivity contribution in [1.82, 2.24) is 0 Å². The molecule has 0 amide bonds. The van der Waals surface area contributed by atoms with Crippen LogP contribution in [0.1, 0.15) is 68.2 Å². The molecular formula is C26H50O4S2Y2-2. The van der Waals surface area contributed by atoms with Crippen LogP contribution < -0.4 is 0 Å². The molecule has 0 aliphatic carbocycles. The van der Waals surface area contributed by atoms with E-state index in [2.05, 4.69) is 40.9 Å². The Labute approximate surface area is 264 Å². The summed E-state index contributed by atoms with van der Waals surface area (Å²) in [6.07, 6.45) is 8.19. The number of rotatable bonds is 8. The quantitative estimate of drug-likeness (QED) is 0.210. The molecule has 0 aliphatic rings. The van der Waals surface area contributed by atoms with Gasteiger partial charge in [-0.1, -0.05) is 51.5 Å². The summed E-state index contributed by atoms with van der Waals surface area (Å²) in [5.74, 6) is 0.870. The van der Waals surface area contributed by atoms with Crippen LogP contribution in [0.5, 0.6) is 0 Å². The second-order valence-corrected chi connectivity index (χ2v) is 12.9. The normalized spacial score (nSPS) is 12.9. The van der Waals surface area contributed by atoms with E-state index in [0.29, 0.717) is 5.92 Å². The van der Waals surface area contributed by atoms with Crippen LogP contribution in [0.2, 0.25) is 0 Å². The van der Waals surface area contributed by atoms with E-state index in [-0.39, 0.29) is 82.8 Å². The van der Waals surface area contributed by atoms with Crippen molar-refractivity contribution in [2.75, 3.05) is 24.0 Å². The van der Waals surface area contributed by atoms with Gasteiger partial charge in [-0.25, -0.2) is 35.4 Å². The minimum Gasteiger partial charge on any atom is -0.337 e. The minimum atomic E-state index is -2.83. The van der Waals surface area contributed by atoms with Crippen molar-refractivity contribution in [1.29, 1.82) is 0 Å². The molecule has 0 aromatic carbocycles. The van der Waals surface area contributed by atoms with Gasteiger partial charge in [0.2, 0.25) is 0 Å². The van der Waals surface area contributed by atoms with Crippen molar-refractivity contribution in [3.05, 3.63) is 61.4 Å². The van der Waals surface area contributed by atoms with Crippen LogP contribution in [0.15, 0.2) is 47.6 Å². The Morgan fingerprint density at radius 1 is 0.824 bits per heavy atom. The summed E-state index contributed by atoms with van der Waals surface area (Å²) < 4.78 is 42.6. The molecule has 198 valence electrons. The van der Waals surface area contributed by atoms with Crippen LogP contribution in [-0.2, 0) is 85.1 Å². The van der Waals surface area contributed by atoms with Crippen molar-refractivity contribution in [2.24, 2.45) is 11.8 Å². The van der Waals surface area contributed by atoms with Gasteiger partial charge in [0, 0.05) is 77.9 Å². The molecule has 4 nitrogen and oxygen atoms in total. The summed E-state index contributed by atoms with van der Waals surface area (Å²) in [6.45, 7) is 30.6. The fourth-order valence-corrected chi connectivity index (χ4v) is 2.96. The van der Waals surface area contributed by atoms with Crippen LogP contribution in [0.4, 0.5) is 0 Å². The molecule has 34 heavy (non-hydrogen) atoms. The summed E-state index contributed by atoms with van der Waals surface area (Å²) in [5.41, 5.74) is 4.56. The average Bonchev–Trinajstić information content (AvgIpc) is 2.64. The maximum Gasteiger partial charge on any atom is 0.151 e. The Hall–Kier alpha value is 0.938. The molecule has 8 heteroatoms. The summed E-state index contributed by atoms with van der Waals surface area (Å²) >= 11 is 0. The third kappa shape index (κ3) is 49.9. The van der Waals surface area contributed by atoms with Gasteiger partial charge in [-0.05, 0) is 33.1 Å². The Balaban J connectivity index is -0.0000000775. The molecule has 0 fully saturated rings. The summed E-state index contributed by atoms with van der Waals surface area (Å²) in [5, 5.41) is 0. The van der Waals surface area contributed by atoms with E-state index in [0.717, 1.165) is 29.6 Å². The molecule has 0 spiro atoms. The molecular weight excluding hydrogens is 618 g/mol. The first-order chi connectivity index (χ1) is 14.2. The molecule has 2 atom stereocenters. The summed E-state index contributed by atoms with van der Waals surface area (Å²) in [4.78, 5) is 0. The standard InChI is InChI=1S/2C7H14O2S.2C6H11.2Y/c1-6(2)7(3)5-10(4,8)9;1-4-7(2)5-6-10(3,8)9;1-5(2)6(3)4;1-4-6(3)5-2;;/h7H,1,5H2,2-4H3;5H,4,6H2,1-3H3;5H,1,3H2,2,4H3;4H,1,5H2,2-3H3;;/q;;2*-1;;. The van der Waals surface area contributed by atoms with Crippen LogP contribution in [-0.4, -0.2) is 40.9 Å². The molecule has 2 radical (unpaired) electrons. The van der Waals surface area contributed by atoms with E-state index in [9.17, 15) is 16.8 Å². The number of hydrogen-bond acceptors (Lipinski definition) is 4. The molecule has 0 aliphatic heterocycles. The molecule has 0 heterocycles. The molecule has 0 rings (SSSR count). The third-order valence-electron chi connectivity index (χ3n) is 4.43. The van der Waals surface area contributed by atoms with Gasteiger partial charge in [0.15, 0.2) is 9.84 Å². The summed E-state index contributed by atoms with van der Waals surface area (Å²) in [7, 11) is -5.63. The SMILES string of the molecule is C=C(C)C(C)CS(C)(=O)=O.C=C(C)C([CH2-])C.CCC(C)=CCS(C)(=O)=O.[CH2-]C=C(C)CC.[Y].[Y]. The van der Waals surface area contributed by atoms with Gasteiger partial charge < -0.3 is 6.92 Å². The molecule has 0 aromatic rings. The van der Waals surface area contributed by atoms with Crippen molar-refractivity contribution >= 4 is 19.7 Å². The maximum absolute atomic E-state index is 10.7. The third-order valence-corrected chi connectivity index (χ3v) is 6.31. The zero-order valence-corrected chi connectivity index (χ0v) is 30.9. The molecule has 2 unspecified atom stereocenters. The fraction of sp³-hybridized carbons (Fsp3) is 0.615. The first-order valence-corrected chi connectivity index (χ1v) is 15.0. The van der Waals surface area contributed by atoms with E-state index in [4.69, 9.17) is 0 Å². The second-order valence-electron chi connectivity index (χ2n) is 8.49.